The smallest absolute Gasteiger partial charge is 0.267 e. The van der Waals surface area contributed by atoms with Gasteiger partial charge in [-0.15, -0.1) is 0 Å². The number of hydrogen-bond acceptors (Lipinski definition) is 3. The number of nitrogens with two attached hydrogens (primary N) is 1. The zero-order valence-electron chi connectivity index (χ0n) is 5.31. The van der Waals surface area contributed by atoms with Gasteiger partial charge < -0.3 is 10.1 Å². The molecule has 0 aromatic heterocycles. The van der Waals surface area contributed by atoms with Crippen molar-refractivity contribution in [1.29, 1.82) is 0 Å². The van der Waals surface area contributed by atoms with Crippen LogP contribution in [0.1, 0.15) is 6.92 Å². The highest BCUT2D eigenvalue weighted by Crippen LogP contribution is 2.04. The second-order valence-electron chi connectivity index (χ2n) is 2.21. The van der Waals surface area contributed by atoms with Gasteiger partial charge in [0.2, 0.25) is 0 Å². The fourth-order valence-corrected chi connectivity index (χ4v) is 0.669. The standard InChI is InChI=1S/C5H10N2O2/c1-5(6)4(8)7-2-3-9-5/h2-3,6H2,1H3,(H,7,8). The Hall–Kier alpha value is -0.610. The lowest BCUT2D eigenvalue weighted by molar-refractivity contribution is -0.150. The molecule has 0 spiro atoms. The summed E-state index contributed by atoms with van der Waals surface area (Å²) in [4.78, 5) is 10.8. The fourth-order valence-electron chi connectivity index (χ4n) is 0.669. The molecule has 1 unspecified atom stereocenters. The minimum absolute atomic E-state index is 0.242. The number of amides is 1. The Balaban J connectivity index is 2.60. The number of carbonyl (C=O) groups is 1. The van der Waals surface area contributed by atoms with E-state index in [-0.39, 0.29) is 5.91 Å². The summed E-state index contributed by atoms with van der Waals surface area (Å²) in [6, 6.07) is 0. The van der Waals surface area contributed by atoms with E-state index in [1.165, 1.54) is 0 Å². The summed E-state index contributed by atoms with van der Waals surface area (Å²) in [5, 5.41) is 2.58. The Bertz CT molecular complexity index is 133. The molecule has 1 fully saturated rings. The lowest BCUT2D eigenvalue weighted by atomic mass is 10.2. The van der Waals surface area contributed by atoms with Gasteiger partial charge in [0.05, 0.1) is 6.61 Å². The lowest BCUT2D eigenvalue weighted by Gasteiger charge is -2.28. The van der Waals surface area contributed by atoms with Gasteiger partial charge in [0.15, 0.2) is 5.72 Å². The fraction of sp³-hybridized carbons (Fsp3) is 0.800. The number of nitrogens with one attached hydrogen (secondary N) is 1. The zero-order valence-corrected chi connectivity index (χ0v) is 5.31. The minimum Gasteiger partial charge on any atom is -0.350 e. The third-order valence-electron chi connectivity index (χ3n) is 1.24. The van der Waals surface area contributed by atoms with Crippen LogP contribution in [-0.2, 0) is 9.53 Å². The first kappa shape index (κ1) is 6.51. The van der Waals surface area contributed by atoms with Gasteiger partial charge in [-0.05, 0) is 6.92 Å². The highest BCUT2D eigenvalue weighted by Gasteiger charge is 2.31. The maximum Gasteiger partial charge on any atom is 0.267 e. The van der Waals surface area contributed by atoms with Gasteiger partial charge in [-0.25, -0.2) is 0 Å². The Kier molecular flexibility index (Phi) is 1.42. The molecule has 1 saturated heterocycles. The molecule has 1 heterocycles. The van der Waals surface area contributed by atoms with Crippen molar-refractivity contribution >= 4 is 5.91 Å². The van der Waals surface area contributed by atoms with Crippen molar-refractivity contribution in [3.63, 3.8) is 0 Å². The summed E-state index contributed by atoms with van der Waals surface area (Å²) in [6.45, 7) is 2.60. The van der Waals surface area contributed by atoms with Crippen molar-refractivity contribution in [2.24, 2.45) is 5.73 Å². The first-order chi connectivity index (χ1) is 4.13. The van der Waals surface area contributed by atoms with Crippen LogP contribution in [0.15, 0.2) is 0 Å². The van der Waals surface area contributed by atoms with Gasteiger partial charge in [0, 0.05) is 6.54 Å². The topological polar surface area (TPSA) is 64.3 Å². The van der Waals surface area contributed by atoms with Crippen molar-refractivity contribution in [1.82, 2.24) is 5.32 Å². The number of carbonyl (C=O) groups excluding carboxylic acids is 1. The highest BCUT2D eigenvalue weighted by molar-refractivity contribution is 5.84. The molecule has 1 rings (SSSR count). The number of rotatable bonds is 0. The van der Waals surface area contributed by atoms with E-state index in [9.17, 15) is 4.79 Å². The largest absolute Gasteiger partial charge is 0.350 e. The van der Waals surface area contributed by atoms with Gasteiger partial charge in [-0.2, -0.15) is 0 Å². The monoisotopic (exact) mass is 130 g/mol. The Morgan fingerprint density at radius 1 is 1.89 bits per heavy atom. The van der Waals surface area contributed by atoms with Crippen LogP contribution in [0.3, 0.4) is 0 Å². The molecule has 1 aliphatic heterocycles. The molecular formula is C5H10N2O2. The lowest BCUT2D eigenvalue weighted by Crippen LogP contribution is -2.58. The molecule has 0 aromatic carbocycles. The quantitative estimate of drug-likeness (QED) is 0.433. The number of ether oxygens (including phenoxy) is 1. The molecule has 1 atom stereocenters. The van der Waals surface area contributed by atoms with Gasteiger partial charge in [0.1, 0.15) is 0 Å². The second-order valence-corrected chi connectivity index (χ2v) is 2.21. The van der Waals surface area contributed by atoms with Crippen LogP contribution in [0.5, 0.6) is 0 Å². The van der Waals surface area contributed by atoms with Crippen molar-refractivity contribution < 1.29 is 9.53 Å². The molecule has 0 bridgehead atoms. The molecule has 1 amide bonds. The highest BCUT2D eigenvalue weighted by atomic mass is 16.5. The van der Waals surface area contributed by atoms with Gasteiger partial charge >= 0.3 is 0 Å². The van der Waals surface area contributed by atoms with E-state index < -0.39 is 5.72 Å². The van der Waals surface area contributed by atoms with Crippen molar-refractivity contribution in [2.75, 3.05) is 13.2 Å². The van der Waals surface area contributed by atoms with Crippen LogP contribution in [0.4, 0.5) is 0 Å². The minimum atomic E-state index is -1.11. The van der Waals surface area contributed by atoms with Crippen LogP contribution in [0.25, 0.3) is 0 Å². The molecule has 0 aromatic rings. The molecule has 4 nitrogen and oxygen atoms in total. The molecule has 0 radical (unpaired) electrons. The first-order valence-electron chi connectivity index (χ1n) is 2.84. The van der Waals surface area contributed by atoms with Crippen molar-refractivity contribution in [3.8, 4) is 0 Å². The Labute approximate surface area is 53.4 Å². The molecule has 9 heavy (non-hydrogen) atoms. The Morgan fingerprint density at radius 2 is 2.56 bits per heavy atom. The molecule has 1 aliphatic rings. The number of hydrogen-bond donors (Lipinski definition) is 2. The predicted molar refractivity (Wildman–Crippen MR) is 31.6 cm³/mol. The van der Waals surface area contributed by atoms with E-state index >= 15 is 0 Å². The molecule has 3 N–H and O–H groups in total. The van der Waals surface area contributed by atoms with Crippen molar-refractivity contribution in [2.45, 2.75) is 12.6 Å². The summed E-state index contributed by atoms with van der Waals surface area (Å²) < 4.78 is 4.94. The summed E-state index contributed by atoms with van der Waals surface area (Å²) in [5.41, 5.74) is 4.27. The first-order valence-corrected chi connectivity index (χ1v) is 2.84. The average Bonchev–Trinajstić information content (AvgIpc) is 1.77. The predicted octanol–water partition coefficient (Wildman–Crippen LogP) is -1.19. The maximum absolute atomic E-state index is 10.8. The van der Waals surface area contributed by atoms with Crippen LogP contribution in [0.2, 0.25) is 0 Å². The van der Waals surface area contributed by atoms with Crippen LogP contribution >= 0.6 is 0 Å². The van der Waals surface area contributed by atoms with E-state index in [1.54, 1.807) is 6.92 Å². The number of morpholine rings is 1. The molecular weight excluding hydrogens is 120 g/mol. The van der Waals surface area contributed by atoms with E-state index in [0.717, 1.165) is 0 Å². The zero-order chi connectivity index (χ0) is 6.91. The van der Waals surface area contributed by atoms with Crippen LogP contribution in [-0.4, -0.2) is 24.8 Å². The SMILES string of the molecule is CC1(N)OCCNC1=O. The van der Waals surface area contributed by atoms with Gasteiger partial charge in [0.25, 0.3) is 5.91 Å². The van der Waals surface area contributed by atoms with E-state index in [1.807, 2.05) is 0 Å². The van der Waals surface area contributed by atoms with Crippen LogP contribution < -0.4 is 11.1 Å². The summed E-state index contributed by atoms with van der Waals surface area (Å²) in [5.74, 6) is -0.242. The van der Waals surface area contributed by atoms with E-state index in [0.29, 0.717) is 13.2 Å². The molecule has 4 heteroatoms. The normalized spacial score (nSPS) is 36.0. The van der Waals surface area contributed by atoms with Gasteiger partial charge in [-0.3, -0.25) is 10.5 Å². The summed E-state index contributed by atoms with van der Waals surface area (Å²) >= 11 is 0. The molecule has 0 saturated carbocycles. The van der Waals surface area contributed by atoms with E-state index in [4.69, 9.17) is 10.5 Å². The maximum atomic E-state index is 10.8. The van der Waals surface area contributed by atoms with Gasteiger partial charge in [-0.1, -0.05) is 0 Å². The third kappa shape index (κ3) is 1.20. The molecule has 52 valence electrons. The average molecular weight is 130 g/mol. The van der Waals surface area contributed by atoms with E-state index in [2.05, 4.69) is 5.32 Å². The van der Waals surface area contributed by atoms with Crippen molar-refractivity contribution in [3.05, 3.63) is 0 Å². The second kappa shape index (κ2) is 1.97. The summed E-state index contributed by atoms with van der Waals surface area (Å²) in [6.07, 6.45) is 0. The summed E-state index contributed by atoms with van der Waals surface area (Å²) in [7, 11) is 0. The third-order valence-corrected chi connectivity index (χ3v) is 1.24. The van der Waals surface area contributed by atoms with Crippen LogP contribution in [0, 0.1) is 0 Å². The Morgan fingerprint density at radius 3 is 2.89 bits per heavy atom. The molecule has 0 aliphatic carbocycles.